The number of aliphatic carboxylic acids is 2. The number of amides is 1. The molecule has 2 atom stereocenters. The van der Waals surface area contributed by atoms with Gasteiger partial charge in [-0.05, 0) is 85.5 Å². The molecule has 0 aromatic heterocycles. The van der Waals surface area contributed by atoms with Gasteiger partial charge in [-0.1, -0.05) is 55.0 Å². The molecule has 0 saturated carbocycles. The van der Waals surface area contributed by atoms with Gasteiger partial charge in [-0.3, -0.25) is 4.79 Å². The number of fused-ring (bicyclic) bond motifs is 1. The molecule has 0 aliphatic carbocycles. The molecule has 0 spiro atoms. The van der Waals surface area contributed by atoms with Gasteiger partial charge in [0.05, 0.1) is 6.61 Å². The molecule has 9 nitrogen and oxygen atoms in total. The number of nitrogens with one attached hydrogen (secondary N) is 1. The second-order valence-electron chi connectivity index (χ2n) is 10.3. The van der Waals surface area contributed by atoms with E-state index in [1.165, 1.54) is 21.9 Å². The van der Waals surface area contributed by atoms with Crippen molar-refractivity contribution >= 4 is 28.6 Å². The van der Waals surface area contributed by atoms with Crippen molar-refractivity contribution in [2.45, 2.75) is 64.6 Å². The Balaban J connectivity index is 1.43. The SMILES string of the molecule is Cc1ccc(OCCCCOC(C(=O)NCCCCCc2ccc3ccccc3c2)C(OCC(=O)O)C(=O)O)cc1C. The van der Waals surface area contributed by atoms with Crippen molar-refractivity contribution in [3.05, 3.63) is 77.4 Å². The highest BCUT2D eigenvalue weighted by atomic mass is 16.6. The quantitative estimate of drug-likeness (QED) is 0.168. The van der Waals surface area contributed by atoms with E-state index in [0.29, 0.717) is 32.4 Å². The number of unbranched alkanes of at least 4 members (excludes halogenated alkanes) is 3. The van der Waals surface area contributed by atoms with Crippen LogP contribution in [0.1, 0.15) is 48.8 Å². The van der Waals surface area contributed by atoms with E-state index in [1.54, 1.807) is 0 Å². The van der Waals surface area contributed by atoms with Crippen molar-refractivity contribution < 1.29 is 38.8 Å². The fourth-order valence-electron chi connectivity index (χ4n) is 4.50. The van der Waals surface area contributed by atoms with Crippen molar-refractivity contribution in [2.75, 3.05) is 26.4 Å². The molecule has 0 aliphatic heterocycles. The summed E-state index contributed by atoms with van der Waals surface area (Å²) in [5, 5.41) is 23.7. The van der Waals surface area contributed by atoms with Crippen molar-refractivity contribution in [1.29, 1.82) is 0 Å². The van der Waals surface area contributed by atoms with Gasteiger partial charge in [-0.2, -0.15) is 0 Å². The third kappa shape index (κ3) is 10.8. The largest absolute Gasteiger partial charge is 0.494 e. The lowest BCUT2D eigenvalue weighted by Gasteiger charge is -2.23. The van der Waals surface area contributed by atoms with E-state index in [0.717, 1.165) is 30.6 Å². The van der Waals surface area contributed by atoms with Crippen molar-refractivity contribution in [3.63, 3.8) is 0 Å². The van der Waals surface area contributed by atoms with Crippen LogP contribution in [0.15, 0.2) is 60.7 Å². The summed E-state index contributed by atoms with van der Waals surface area (Å²) >= 11 is 0. The Kier molecular flexibility index (Phi) is 13.3. The minimum absolute atomic E-state index is 0.0837. The first-order valence-electron chi connectivity index (χ1n) is 14.4. The van der Waals surface area contributed by atoms with E-state index < -0.39 is 36.7 Å². The number of benzene rings is 3. The molecule has 226 valence electrons. The lowest BCUT2D eigenvalue weighted by Crippen LogP contribution is -2.49. The number of hydrogen-bond acceptors (Lipinski definition) is 6. The molecular weight excluding hydrogens is 538 g/mol. The molecule has 0 fully saturated rings. The van der Waals surface area contributed by atoms with Crippen LogP contribution in [0.5, 0.6) is 5.75 Å². The smallest absolute Gasteiger partial charge is 0.336 e. The first-order valence-corrected chi connectivity index (χ1v) is 14.4. The molecule has 0 saturated heterocycles. The first kappa shape index (κ1) is 32.6. The molecule has 9 heteroatoms. The summed E-state index contributed by atoms with van der Waals surface area (Å²) in [7, 11) is 0. The molecule has 3 aromatic carbocycles. The van der Waals surface area contributed by atoms with E-state index in [2.05, 4.69) is 35.6 Å². The minimum Gasteiger partial charge on any atom is -0.494 e. The highest BCUT2D eigenvalue weighted by molar-refractivity contribution is 5.88. The number of aryl methyl sites for hydroxylation is 3. The standard InChI is InChI=1S/C33H41NO8/c1-23-13-16-28(20-24(23)2)40-18-8-9-19-41-30(31(33(38)39)42-22-29(35)36)32(37)34-17-7-3-4-10-25-14-15-26-11-5-6-12-27(26)21-25/h5-6,11-16,20-21,30-31H,3-4,7-10,17-19,22H2,1-2H3,(H,34,37)(H,35,36)(H,38,39). The third-order valence-electron chi connectivity index (χ3n) is 7.00. The molecule has 1 amide bonds. The normalized spacial score (nSPS) is 12.5. The Hall–Kier alpha value is -3.95. The fourth-order valence-corrected chi connectivity index (χ4v) is 4.50. The zero-order chi connectivity index (χ0) is 30.3. The maximum absolute atomic E-state index is 12.9. The average molecular weight is 580 g/mol. The van der Waals surface area contributed by atoms with Crippen LogP contribution in [0.3, 0.4) is 0 Å². The predicted octanol–water partition coefficient (Wildman–Crippen LogP) is 5.08. The Morgan fingerprint density at radius 3 is 2.26 bits per heavy atom. The Bertz CT molecular complexity index is 1320. The van der Waals surface area contributed by atoms with Gasteiger partial charge in [0.1, 0.15) is 12.4 Å². The van der Waals surface area contributed by atoms with Gasteiger partial charge < -0.3 is 29.7 Å². The van der Waals surface area contributed by atoms with E-state index in [-0.39, 0.29) is 6.61 Å². The zero-order valence-electron chi connectivity index (χ0n) is 24.3. The number of carbonyl (C=O) groups excluding carboxylic acids is 1. The Morgan fingerprint density at radius 1 is 0.762 bits per heavy atom. The number of carbonyl (C=O) groups is 3. The lowest BCUT2D eigenvalue weighted by molar-refractivity contribution is -0.172. The minimum atomic E-state index is -1.75. The molecule has 0 heterocycles. The molecule has 3 rings (SSSR count). The van der Waals surface area contributed by atoms with Crippen LogP contribution in [0, 0.1) is 13.8 Å². The molecule has 2 unspecified atom stereocenters. The average Bonchev–Trinajstić information content (AvgIpc) is 2.96. The van der Waals surface area contributed by atoms with Gasteiger partial charge in [-0.15, -0.1) is 0 Å². The molecule has 3 aromatic rings. The monoisotopic (exact) mass is 579 g/mol. The van der Waals surface area contributed by atoms with Crippen LogP contribution in [0.4, 0.5) is 0 Å². The highest BCUT2D eigenvalue weighted by Crippen LogP contribution is 2.18. The van der Waals surface area contributed by atoms with Crippen LogP contribution in [0.25, 0.3) is 10.8 Å². The number of carboxylic acids is 2. The van der Waals surface area contributed by atoms with Gasteiger partial charge >= 0.3 is 11.9 Å². The van der Waals surface area contributed by atoms with E-state index in [9.17, 15) is 19.5 Å². The van der Waals surface area contributed by atoms with Crippen molar-refractivity contribution in [3.8, 4) is 5.75 Å². The summed E-state index contributed by atoms with van der Waals surface area (Å²) in [6, 6.07) is 20.5. The topological polar surface area (TPSA) is 131 Å². The molecule has 0 bridgehead atoms. The van der Waals surface area contributed by atoms with Gasteiger partial charge in [0.25, 0.3) is 5.91 Å². The second-order valence-corrected chi connectivity index (χ2v) is 10.3. The number of carboxylic acid groups (broad SMARTS) is 2. The third-order valence-corrected chi connectivity index (χ3v) is 7.00. The predicted molar refractivity (Wildman–Crippen MR) is 160 cm³/mol. The summed E-state index contributed by atoms with van der Waals surface area (Å²) < 4.78 is 16.4. The Labute approximate surface area is 246 Å². The van der Waals surface area contributed by atoms with Crippen LogP contribution in [0.2, 0.25) is 0 Å². The maximum Gasteiger partial charge on any atom is 0.336 e. The van der Waals surface area contributed by atoms with E-state index >= 15 is 0 Å². The maximum atomic E-state index is 12.9. The lowest BCUT2D eigenvalue weighted by atomic mass is 10.0. The van der Waals surface area contributed by atoms with Crippen LogP contribution >= 0.6 is 0 Å². The van der Waals surface area contributed by atoms with Crippen LogP contribution < -0.4 is 10.1 Å². The van der Waals surface area contributed by atoms with Crippen molar-refractivity contribution in [1.82, 2.24) is 5.32 Å². The second kappa shape index (κ2) is 17.1. The summed E-state index contributed by atoms with van der Waals surface area (Å²) in [4.78, 5) is 35.7. The number of rotatable bonds is 19. The fraction of sp³-hybridized carbons (Fsp3) is 0.424. The highest BCUT2D eigenvalue weighted by Gasteiger charge is 2.36. The van der Waals surface area contributed by atoms with E-state index in [4.69, 9.17) is 19.3 Å². The molecule has 3 N–H and O–H groups in total. The summed E-state index contributed by atoms with van der Waals surface area (Å²) in [5.41, 5.74) is 3.57. The van der Waals surface area contributed by atoms with Gasteiger partial charge in [0, 0.05) is 13.2 Å². The van der Waals surface area contributed by atoms with E-state index in [1.807, 2.05) is 44.2 Å². The van der Waals surface area contributed by atoms with Gasteiger partial charge in [0.2, 0.25) is 0 Å². The van der Waals surface area contributed by atoms with Crippen LogP contribution in [-0.2, 0) is 30.3 Å². The van der Waals surface area contributed by atoms with Gasteiger partial charge in [-0.25, -0.2) is 9.59 Å². The van der Waals surface area contributed by atoms with Gasteiger partial charge in [0.15, 0.2) is 12.2 Å². The molecule has 42 heavy (non-hydrogen) atoms. The zero-order valence-corrected chi connectivity index (χ0v) is 24.3. The molecular formula is C33H41NO8. The first-order chi connectivity index (χ1) is 20.2. The summed E-state index contributed by atoms with van der Waals surface area (Å²) in [6.45, 7) is 4.04. The molecule has 0 aliphatic rings. The number of hydrogen-bond donors (Lipinski definition) is 3. The Morgan fingerprint density at radius 2 is 1.52 bits per heavy atom. The van der Waals surface area contributed by atoms with Crippen molar-refractivity contribution in [2.24, 2.45) is 0 Å². The number of ether oxygens (including phenoxy) is 3. The summed E-state index contributed by atoms with van der Waals surface area (Å²) in [5.74, 6) is -2.68. The molecule has 0 radical (unpaired) electrons. The van der Waals surface area contributed by atoms with Crippen LogP contribution in [-0.4, -0.2) is 66.6 Å². The summed E-state index contributed by atoms with van der Waals surface area (Å²) in [6.07, 6.45) is 1.33.